The number of benzene rings is 1. The average Bonchev–Trinajstić information content (AvgIpc) is 2.25. The van der Waals surface area contributed by atoms with Crippen molar-refractivity contribution in [2.24, 2.45) is 0 Å². The molecule has 1 atom stereocenters. The molecule has 0 heterocycles. The highest BCUT2D eigenvalue weighted by molar-refractivity contribution is 9.10. The molecule has 1 unspecified atom stereocenters. The topological polar surface area (TPSA) is 55.8 Å². The molecule has 0 fully saturated rings. The first-order chi connectivity index (χ1) is 7.60. The molecule has 1 aromatic carbocycles. The van der Waals surface area contributed by atoms with Crippen LogP contribution in [-0.2, 0) is 9.53 Å². The van der Waals surface area contributed by atoms with Gasteiger partial charge in [0.05, 0.1) is 11.6 Å². The molecule has 5 heteroatoms. The van der Waals surface area contributed by atoms with E-state index in [0.29, 0.717) is 22.4 Å². The summed E-state index contributed by atoms with van der Waals surface area (Å²) in [6, 6.07) is 5.07. The maximum Gasteiger partial charge on any atom is 0.337 e. The summed E-state index contributed by atoms with van der Waals surface area (Å²) in [4.78, 5) is 11.0. The quantitative estimate of drug-likeness (QED) is 0.905. The number of rotatable bonds is 5. The van der Waals surface area contributed by atoms with Crippen molar-refractivity contribution in [1.82, 2.24) is 0 Å². The van der Waals surface area contributed by atoms with E-state index in [-0.39, 0.29) is 0 Å². The molecule has 1 N–H and O–H groups in total. The molecule has 16 heavy (non-hydrogen) atoms. The fourth-order valence-electron chi connectivity index (χ4n) is 1.32. The Morgan fingerprint density at radius 3 is 2.69 bits per heavy atom. The molecule has 0 spiro atoms. The molecule has 0 aromatic heterocycles. The minimum Gasteiger partial charge on any atom is -0.496 e. The monoisotopic (exact) mass is 288 g/mol. The molecule has 0 radical (unpaired) electrons. The van der Waals surface area contributed by atoms with Crippen LogP contribution in [0.3, 0.4) is 0 Å². The number of hydrogen-bond acceptors (Lipinski definition) is 3. The van der Waals surface area contributed by atoms with Crippen molar-refractivity contribution in [2.75, 3.05) is 13.7 Å². The summed E-state index contributed by atoms with van der Waals surface area (Å²) < 4.78 is 10.9. The van der Waals surface area contributed by atoms with Gasteiger partial charge in [0.2, 0.25) is 0 Å². The molecule has 0 aliphatic carbocycles. The van der Waals surface area contributed by atoms with Crippen LogP contribution in [0.2, 0.25) is 0 Å². The van der Waals surface area contributed by atoms with E-state index in [0.717, 1.165) is 0 Å². The Balaban J connectivity index is 3.01. The lowest BCUT2D eigenvalue weighted by Crippen LogP contribution is -2.15. The van der Waals surface area contributed by atoms with Crippen LogP contribution in [0.4, 0.5) is 0 Å². The first-order valence-corrected chi connectivity index (χ1v) is 5.57. The molecular weight excluding hydrogens is 276 g/mol. The van der Waals surface area contributed by atoms with E-state index >= 15 is 0 Å². The Hall–Kier alpha value is -1.07. The third-order valence-electron chi connectivity index (χ3n) is 2.04. The Morgan fingerprint density at radius 1 is 1.56 bits per heavy atom. The highest BCUT2D eigenvalue weighted by Gasteiger charge is 2.20. The number of methoxy groups -OCH3 is 1. The minimum atomic E-state index is -1.00. The number of carbonyl (C=O) groups is 1. The van der Waals surface area contributed by atoms with E-state index in [9.17, 15) is 4.79 Å². The molecular formula is C11H13BrO4. The van der Waals surface area contributed by atoms with E-state index in [1.165, 1.54) is 0 Å². The van der Waals surface area contributed by atoms with Gasteiger partial charge in [-0.3, -0.25) is 0 Å². The van der Waals surface area contributed by atoms with Crippen molar-refractivity contribution >= 4 is 21.9 Å². The Bertz CT molecular complexity index is 378. The van der Waals surface area contributed by atoms with Crippen LogP contribution in [0, 0.1) is 0 Å². The molecule has 1 aromatic rings. The first-order valence-electron chi connectivity index (χ1n) is 4.78. The van der Waals surface area contributed by atoms with Gasteiger partial charge in [0.1, 0.15) is 5.75 Å². The molecule has 0 amide bonds. The maximum atomic E-state index is 11.0. The molecule has 4 nitrogen and oxygen atoms in total. The summed E-state index contributed by atoms with van der Waals surface area (Å²) >= 11 is 3.30. The van der Waals surface area contributed by atoms with Gasteiger partial charge in [-0.2, -0.15) is 0 Å². The van der Waals surface area contributed by atoms with Crippen LogP contribution in [0.25, 0.3) is 0 Å². The second-order valence-corrected chi connectivity index (χ2v) is 3.92. The van der Waals surface area contributed by atoms with Gasteiger partial charge < -0.3 is 14.6 Å². The molecule has 1 rings (SSSR count). The van der Waals surface area contributed by atoms with Gasteiger partial charge in [-0.25, -0.2) is 4.79 Å². The summed E-state index contributed by atoms with van der Waals surface area (Å²) in [5.41, 5.74) is 0.585. The highest BCUT2D eigenvalue weighted by Crippen LogP contribution is 2.29. The average molecular weight is 289 g/mol. The molecule has 0 saturated heterocycles. The zero-order valence-corrected chi connectivity index (χ0v) is 10.7. The second kappa shape index (κ2) is 5.86. The second-order valence-electron chi connectivity index (χ2n) is 3.07. The third kappa shape index (κ3) is 2.96. The zero-order chi connectivity index (χ0) is 12.1. The van der Waals surface area contributed by atoms with Gasteiger partial charge in [0.15, 0.2) is 6.10 Å². The first kappa shape index (κ1) is 13.0. The number of carboxylic acid groups (broad SMARTS) is 1. The van der Waals surface area contributed by atoms with Crippen molar-refractivity contribution in [3.63, 3.8) is 0 Å². The van der Waals surface area contributed by atoms with Crippen molar-refractivity contribution in [3.05, 3.63) is 28.2 Å². The predicted octanol–water partition coefficient (Wildman–Crippen LogP) is 2.62. The van der Waals surface area contributed by atoms with Gasteiger partial charge in [0, 0.05) is 6.61 Å². The third-order valence-corrected chi connectivity index (χ3v) is 2.66. The molecule has 0 aliphatic rings. The number of halogens is 1. The fraction of sp³-hybridized carbons (Fsp3) is 0.364. The van der Waals surface area contributed by atoms with Crippen LogP contribution in [0.1, 0.15) is 18.6 Å². The van der Waals surface area contributed by atoms with Crippen molar-refractivity contribution < 1.29 is 19.4 Å². The van der Waals surface area contributed by atoms with Gasteiger partial charge in [-0.1, -0.05) is 6.07 Å². The lowest BCUT2D eigenvalue weighted by atomic mass is 10.1. The summed E-state index contributed by atoms with van der Waals surface area (Å²) in [5.74, 6) is -0.344. The van der Waals surface area contributed by atoms with E-state index < -0.39 is 12.1 Å². The van der Waals surface area contributed by atoms with Gasteiger partial charge in [-0.05, 0) is 40.5 Å². The van der Waals surface area contributed by atoms with Crippen molar-refractivity contribution in [3.8, 4) is 5.75 Å². The number of aliphatic carboxylic acids is 1. The van der Waals surface area contributed by atoms with Crippen LogP contribution in [0.5, 0.6) is 5.75 Å². The van der Waals surface area contributed by atoms with Crippen LogP contribution >= 0.6 is 15.9 Å². The summed E-state index contributed by atoms with van der Waals surface area (Å²) in [6.45, 7) is 2.11. The van der Waals surface area contributed by atoms with E-state index in [1.54, 1.807) is 32.2 Å². The van der Waals surface area contributed by atoms with Crippen molar-refractivity contribution in [2.45, 2.75) is 13.0 Å². The summed E-state index contributed by atoms with van der Waals surface area (Å²) in [6.07, 6.45) is -0.938. The minimum absolute atomic E-state index is 0.348. The fourth-order valence-corrected chi connectivity index (χ4v) is 1.88. The Morgan fingerprint density at radius 2 is 2.25 bits per heavy atom. The SMILES string of the molecule is CCOC(C(=O)O)c1ccc(OC)c(Br)c1. The number of ether oxygens (including phenoxy) is 2. The normalized spacial score (nSPS) is 12.2. The standard InChI is InChI=1S/C11H13BrO4/c1-3-16-10(11(13)14)7-4-5-9(15-2)8(12)6-7/h4-6,10H,3H2,1-2H3,(H,13,14). The lowest BCUT2D eigenvalue weighted by Gasteiger charge is -2.14. The molecule has 88 valence electrons. The number of carboxylic acids is 1. The predicted molar refractivity (Wildman–Crippen MR) is 62.7 cm³/mol. The Labute approximate surface area is 102 Å². The van der Waals surface area contributed by atoms with E-state index in [2.05, 4.69) is 15.9 Å². The van der Waals surface area contributed by atoms with Crippen molar-refractivity contribution in [1.29, 1.82) is 0 Å². The summed E-state index contributed by atoms with van der Waals surface area (Å²) in [5, 5.41) is 9.00. The van der Waals surface area contributed by atoms with Gasteiger partial charge in [-0.15, -0.1) is 0 Å². The molecule has 0 aliphatic heterocycles. The van der Waals surface area contributed by atoms with Gasteiger partial charge in [0.25, 0.3) is 0 Å². The Kier molecular flexibility index (Phi) is 4.76. The van der Waals surface area contributed by atoms with Crippen LogP contribution < -0.4 is 4.74 Å². The highest BCUT2D eigenvalue weighted by atomic mass is 79.9. The maximum absolute atomic E-state index is 11.0. The van der Waals surface area contributed by atoms with Gasteiger partial charge >= 0.3 is 5.97 Å². The molecule has 0 bridgehead atoms. The number of hydrogen-bond donors (Lipinski definition) is 1. The largest absolute Gasteiger partial charge is 0.496 e. The zero-order valence-electron chi connectivity index (χ0n) is 9.07. The summed E-state index contributed by atoms with van der Waals surface area (Å²) in [7, 11) is 1.55. The van der Waals surface area contributed by atoms with Crippen LogP contribution in [0.15, 0.2) is 22.7 Å². The smallest absolute Gasteiger partial charge is 0.337 e. The van der Waals surface area contributed by atoms with E-state index in [4.69, 9.17) is 14.6 Å². The van der Waals surface area contributed by atoms with Crippen LogP contribution in [-0.4, -0.2) is 24.8 Å². The lowest BCUT2D eigenvalue weighted by molar-refractivity contribution is -0.150. The molecule has 0 saturated carbocycles. The van der Waals surface area contributed by atoms with E-state index in [1.807, 2.05) is 0 Å².